The number of nitrogens with two attached hydrogens (primary N) is 1. The van der Waals surface area contributed by atoms with Gasteiger partial charge in [0.2, 0.25) is 0 Å². The van der Waals surface area contributed by atoms with Gasteiger partial charge in [0.1, 0.15) is 0 Å². The summed E-state index contributed by atoms with van der Waals surface area (Å²) < 4.78 is 0. The van der Waals surface area contributed by atoms with Crippen molar-refractivity contribution in [2.24, 2.45) is 5.73 Å². The van der Waals surface area contributed by atoms with Gasteiger partial charge in [0.05, 0.1) is 5.69 Å². The molecule has 0 amide bonds. The van der Waals surface area contributed by atoms with Gasteiger partial charge in [-0.15, -0.1) is 11.8 Å². The first-order valence-corrected chi connectivity index (χ1v) is 5.26. The zero-order valence-electron chi connectivity index (χ0n) is 7.45. The van der Waals surface area contributed by atoms with E-state index in [1.54, 1.807) is 11.8 Å². The van der Waals surface area contributed by atoms with Gasteiger partial charge in [-0.2, -0.15) is 0 Å². The Morgan fingerprint density at radius 3 is 2.75 bits per heavy atom. The third-order valence-corrected chi connectivity index (χ3v) is 2.53. The predicted molar refractivity (Wildman–Crippen MR) is 53.2 cm³/mol. The highest BCUT2D eigenvalue weighted by atomic mass is 32.2. The summed E-state index contributed by atoms with van der Waals surface area (Å²) >= 11 is 1.69. The minimum absolute atomic E-state index is 0.0842. The molecule has 0 aliphatic rings. The third-order valence-electron chi connectivity index (χ3n) is 1.81. The molecule has 2 nitrogen and oxygen atoms in total. The predicted octanol–water partition coefficient (Wildman–Crippen LogP) is 2.21. The Bertz CT molecular complexity index is 233. The Balaban J connectivity index is 2.77. The van der Waals surface area contributed by atoms with Crippen LogP contribution in [0.5, 0.6) is 0 Å². The van der Waals surface area contributed by atoms with Crippen molar-refractivity contribution in [1.29, 1.82) is 0 Å². The highest BCUT2D eigenvalue weighted by molar-refractivity contribution is 7.98. The molecule has 0 radical (unpaired) electrons. The van der Waals surface area contributed by atoms with Crippen LogP contribution in [0.4, 0.5) is 0 Å². The number of pyridine rings is 1. The first-order chi connectivity index (χ1) is 5.77. The zero-order valence-corrected chi connectivity index (χ0v) is 8.27. The van der Waals surface area contributed by atoms with Crippen LogP contribution in [0.3, 0.4) is 0 Å². The quantitative estimate of drug-likeness (QED) is 0.728. The lowest BCUT2D eigenvalue weighted by Crippen LogP contribution is -2.10. The van der Waals surface area contributed by atoms with Gasteiger partial charge in [0.15, 0.2) is 0 Å². The Hall–Kier alpha value is -0.540. The molecular formula is C9H14N2S. The van der Waals surface area contributed by atoms with Crippen molar-refractivity contribution >= 4 is 11.8 Å². The molecule has 0 aliphatic carbocycles. The molecule has 1 heterocycles. The van der Waals surface area contributed by atoms with Crippen molar-refractivity contribution in [2.45, 2.75) is 24.3 Å². The molecular weight excluding hydrogens is 168 g/mol. The van der Waals surface area contributed by atoms with Crippen LogP contribution in [-0.2, 0) is 0 Å². The van der Waals surface area contributed by atoms with Gasteiger partial charge in [-0.25, -0.2) is 0 Å². The fourth-order valence-electron chi connectivity index (χ4n) is 0.941. The summed E-state index contributed by atoms with van der Waals surface area (Å²) in [7, 11) is 0. The molecule has 0 fully saturated rings. The van der Waals surface area contributed by atoms with Crippen LogP contribution in [0.2, 0.25) is 0 Å². The van der Waals surface area contributed by atoms with Crippen molar-refractivity contribution in [2.75, 3.05) is 6.26 Å². The second-order valence-corrected chi connectivity index (χ2v) is 3.52. The van der Waals surface area contributed by atoms with E-state index in [9.17, 15) is 0 Å². The molecule has 66 valence electrons. The van der Waals surface area contributed by atoms with Crippen molar-refractivity contribution in [1.82, 2.24) is 4.98 Å². The lowest BCUT2D eigenvalue weighted by molar-refractivity contribution is 0.674. The minimum atomic E-state index is 0.0842. The summed E-state index contributed by atoms with van der Waals surface area (Å²) in [4.78, 5) is 5.46. The normalized spacial score (nSPS) is 12.9. The molecule has 1 rings (SSSR count). The van der Waals surface area contributed by atoms with Crippen LogP contribution >= 0.6 is 11.8 Å². The number of aromatic nitrogens is 1. The molecule has 3 heteroatoms. The molecule has 0 unspecified atom stereocenters. The summed E-state index contributed by atoms with van der Waals surface area (Å²) in [5.74, 6) is 0. The van der Waals surface area contributed by atoms with Crippen LogP contribution in [0.1, 0.15) is 25.1 Å². The molecule has 0 spiro atoms. The average molecular weight is 182 g/mol. The number of hydrogen-bond acceptors (Lipinski definition) is 3. The van der Waals surface area contributed by atoms with E-state index in [0.717, 1.165) is 12.1 Å². The second kappa shape index (κ2) is 4.48. The van der Waals surface area contributed by atoms with Crippen molar-refractivity contribution < 1.29 is 0 Å². The van der Waals surface area contributed by atoms with E-state index in [4.69, 9.17) is 5.73 Å². The second-order valence-electron chi connectivity index (χ2n) is 2.64. The Kier molecular flexibility index (Phi) is 3.56. The molecule has 12 heavy (non-hydrogen) atoms. The van der Waals surface area contributed by atoms with Crippen LogP contribution < -0.4 is 5.73 Å². The molecule has 1 aromatic heterocycles. The summed E-state index contributed by atoms with van der Waals surface area (Å²) in [6, 6.07) is 4.14. The lowest BCUT2D eigenvalue weighted by atomic mass is 10.1. The van der Waals surface area contributed by atoms with E-state index in [1.807, 2.05) is 18.5 Å². The maximum absolute atomic E-state index is 5.82. The van der Waals surface area contributed by atoms with Gasteiger partial charge in [0, 0.05) is 17.1 Å². The number of nitrogens with zero attached hydrogens (tertiary/aromatic N) is 1. The van der Waals surface area contributed by atoms with Crippen molar-refractivity contribution in [3.05, 3.63) is 24.0 Å². The van der Waals surface area contributed by atoms with E-state index in [-0.39, 0.29) is 6.04 Å². The van der Waals surface area contributed by atoms with Crippen molar-refractivity contribution in [3.8, 4) is 0 Å². The van der Waals surface area contributed by atoms with Gasteiger partial charge in [-0.1, -0.05) is 6.92 Å². The number of rotatable bonds is 3. The van der Waals surface area contributed by atoms with Gasteiger partial charge in [-0.05, 0) is 24.8 Å². The topological polar surface area (TPSA) is 38.9 Å². The average Bonchev–Trinajstić information content (AvgIpc) is 2.17. The van der Waals surface area contributed by atoms with Gasteiger partial charge in [-0.3, -0.25) is 4.98 Å². The molecule has 0 saturated heterocycles. The van der Waals surface area contributed by atoms with Crippen LogP contribution in [-0.4, -0.2) is 11.2 Å². The fraction of sp³-hybridized carbons (Fsp3) is 0.444. The molecule has 2 N–H and O–H groups in total. The highest BCUT2D eigenvalue weighted by Crippen LogP contribution is 2.16. The molecule has 0 saturated carbocycles. The first-order valence-electron chi connectivity index (χ1n) is 4.03. The van der Waals surface area contributed by atoms with Gasteiger partial charge >= 0.3 is 0 Å². The summed E-state index contributed by atoms with van der Waals surface area (Å²) in [6.07, 6.45) is 4.84. The summed E-state index contributed by atoms with van der Waals surface area (Å²) in [6.45, 7) is 2.06. The number of thioether (sulfide) groups is 1. The van der Waals surface area contributed by atoms with Crippen LogP contribution in [0, 0.1) is 0 Å². The zero-order chi connectivity index (χ0) is 8.97. The minimum Gasteiger partial charge on any atom is -0.323 e. The smallest absolute Gasteiger partial charge is 0.0571 e. The summed E-state index contributed by atoms with van der Waals surface area (Å²) in [5.41, 5.74) is 6.80. The SMILES string of the molecule is CC[C@@H](N)c1ccc(SC)cn1. The molecule has 1 atom stereocenters. The third kappa shape index (κ3) is 2.22. The van der Waals surface area contributed by atoms with E-state index in [0.29, 0.717) is 0 Å². The lowest BCUT2D eigenvalue weighted by Gasteiger charge is -2.07. The van der Waals surface area contributed by atoms with Gasteiger partial charge in [0.25, 0.3) is 0 Å². The van der Waals surface area contributed by atoms with E-state index >= 15 is 0 Å². The van der Waals surface area contributed by atoms with Gasteiger partial charge < -0.3 is 5.73 Å². The van der Waals surface area contributed by atoms with E-state index in [2.05, 4.69) is 18.0 Å². The monoisotopic (exact) mass is 182 g/mol. The summed E-state index contributed by atoms with van der Waals surface area (Å²) in [5, 5.41) is 0. The fourth-order valence-corrected chi connectivity index (χ4v) is 1.30. The maximum atomic E-state index is 5.82. The molecule has 0 aromatic carbocycles. The Labute approximate surface area is 77.6 Å². The van der Waals surface area contributed by atoms with Crippen LogP contribution in [0.15, 0.2) is 23.2 Å². The Morgan fingerprint density at radius 2 is 2.33 bits per heavy atom. The Morgan fingerprint density at radius 1 is 1.58 bits per heavy atom. The molecule has 1 aromatic rings. The van der Waals surface area contributed by atoms with E-state index in [1.165, 1.54) is 4.90 Å². The largest absolute Gasteiger partial charge is 0.323 e. The standard InChI is InChI=1S/C9H14N2S/c1-3-8(10)9-5-4-7(12-2)6-11-9/h4-6,8H,3,10H2,1-2H3/t8-/m1/s1. The first kappa shape index (κ1) is 9.55. The van der Waals surface area contributed by atoms with Crippen LogP contribution in [0.25, 0.3) is 0 Å². The highest BCUT2D eigenvalue weighted by Gasteiger charge is 2.03. The van der Waals surface area contributed by atoms with Crippen molar-refractivity contribution in [3.63, 3.8) is 0 Å². The molecule has 0 aliphatic heterocycles. The van der Waals surface area contributed by atoms with E-state index < -0.39 is 0 Å². The maximum Gasteiger partial charge on any atom is 0.0571 e. The molecule has 0 bridgehead atoms. The number of hydrogen-bond donors (Lipinski definition) is 1.